The summed E-state index contributed by atoms with van der Waals surface area (Å²) >= 11 is 0. The smallest absolute Gasteiger partial charge is 0.236 e. The molecule has 1 unspecified atom stereocenters. The van der Waals surface area contributed by atoms with E-state index in [1.165, 1.54) is 0 Å². The van der Waals surface area contributed by atoms with Crippen LogP contribution in [0.2, 0.25) is 0 Å². The fourth-order valence-electron chi connectivity index (χ4n) is 0.628. The Bertz CT molecular complexity index is 107. The molecule has 0 radical (unpaired) electrons. The highest BCUT2D eigenvalue weighted by Crippen LogP contribution is 1.92. The van der Waals surface area contributed by atoms with Gasteiger partial charge in [-0.05, 0) is 12.8 Å². The van der Waals surface area contributed by atoms with Gasteiger partial charge in [0, 0.05) is 13.7 Å². The lowest BCUT2D eigenvalue weighted by Crippen LogP contribution is -2.38. The highest BCUT2D eigenvalue weighted by Gasteiger charge is 2.09. The zero-order chi connectivity index (χ0) is 9.98. The van der Waals surface area contributed by atoms with Crippen molar-refractivity contribution in [2.24, 2.45) is 5.73 Å². The number of likely N-dealkylation sites (N-methyl/N-ethyl adjacent to an activating group) is 1. The maximum atomic E-state index is 10.7. The zero-order valence-corrected chi connectivity index (χ0v) is 8.13. The SMILES string of the molecule is CC.CNC(=O)C(N)CCCO. The minimum Gasteiger partial charge on any atom is -0.396 e. The van der Waals surface area contributed by atoms with Crippen molar-refractivity contribution in [2.45, 2.75) is 32.7 Å². The molecule has 0 spiro atoms. The molecule has 0 aliphatic carbocycles. The van der Waals surface area contributed by atoms with E-state index >= 15 is 0 Å². The normalized spacial score (nSPS) is 11.1. The minimum atomic E-state index is -0.475. The van der Waals surface area contributed by atoms with E-state index in [9.17, 15) is 4.79 Å². The molecule has 12 heavy (non-hydrogen) atoms. The maximum Gasteiger partial charge on any atom is 0.236 e. The van der Waals surface area contributed by atoms with Gasteiger partial charge in [0.1, 0.15) is 0 Å². The fraction of sp³-hybridized carbons (Fsp3) is 0.875. The quantitative estimate of drug-likeness (QED) is 0.558. The van der Waals surface area contributed by atoms with E-state index in [2.05, 4.69) is 5.32 Å². The highest BCUT2D eigenvalue weighted by atomic mass is 16.3. The second-order valence-electron chi connectivity index (χ2n) is 2.09. The summed E-state index contributed by atoms with van der Waals surface area (Å²) in [6.07, 6.45) is 1.12. The third-order valence-corrected chi connectivity index (χ3v) is 1.26. The highest BCUT2D eigenvalue weighted by molar-refractivity contribution is 5.81. The van der Waals surface area contributed by atoms with Crippen LogP contribution in [0.5, 0.6) is 0 Å². The number of rotatable bonds is 4. The van der Waals surface area contributed by atoms with Gasteiger partial charge in [0.25, 0.3) is 0 Å². The predicted octanol–water partition coefficient (Wildman–Crippen LogP) is -0.142. The van der Waals surface area contributed by atoms with Crippen molar-refractivity contribution in [1.29, 1.82) is 0 Å². The first-order valence-corrected chi connectivity index (χ1v) is 4.30. The summed E-state index contributed by atoms with van der Waals surface area (Å²) in [6, 6.07) is -0.475. The van der Waals surface area contributed by atoms with E-state index in [1.54, 1.807) is 7.05 Å². The summed E-state index contributed by atoms with van der Waals surface area (Å²) in [7, 11) is 1.54. The lowest BCUT2D eigenvalue weighted by Gasteiger charge is -2.07. The maximum absolute atomic E-state index is 10.7. The molecule has 0 saturated heterocycles. The number of carbonyl (C=O) groups is 1. The molecule has 1 atom stereocenters. The van der Waals surface area contributed by atoms with Gasteiger partial charge in [-0.1, -0.05) is 13.8 Å². The van der Waals surface area contributed by atoms with Crippen LogP contribution in [0.15, 0.2) is 0 Å². The molecule has 0 aromatic heterocycles. The van der Waals surface area contributed by atoms with Crippen molar-refractivity contribution < 1.29 is 9.90 Å². The van der Waals surface area contributed by atoms with Gasteiger partial charge in [-0.15, -0.1) is 0 Å². The van der Waals surface area contributed by atoms with Crippen LogP contribution >= 0.6 is 0 Å². The Morgan fingerprint density at radius 1 is 1.58 bits per heavy atom. The summed E-state index contributed by atoms with van der Waals surface area (Å²) in [5.41, 5.74) is 5.39. The molecule has 0 saturated carbocycles. The third-order valence-electron chi connectivity index (χ3n) is 1.26. The molecule has 0 bridgehead atoms. The Kier molecular flexibility index (Phi) is 12.1. The van der Waals surface area contributed by atoms with Crippen molar-refractivity contribution in [3.05, 3.63) is 0 Å². The van der Waals surface area contributed by atoms with Gasteiger partial charge in [0.15, 0.2) is 0 Å². The van der Waals surface area contributed by atoms with E-state index in [0.717, 1.165) is 0 Å². The molecule has 1 amide bonds. The molecule has 4 heteroatoms. The number of hydrogen-bond acceptors (Lipinski definition) is 3. The number of amides is 1. The van der Waals surface area contributed by atoms with Crippen LogP contribution in [0, 0.1) is 0 Å². The lowest BCUT2D eigenvalue weighted by molar-refractivity contribution is -0.122. The first-order chi connectivity index (χ1) is 5.72. The van der Waals surface area contributed by atoms with Crippen LogP contribution < -0.4 is 11.1 Å². The van der Waals surface area contributed by atoms with Crippen LogP contribution in [-0.4, -0.2) is 30.7 Å². The van der Waals surface area contributed by atoms with E-state index < -0.39 is 6.04 Å². The van der Waals surface area contributed by atoms with E-state index in [-0.39, 0.29) is 12.5 Å². The lowest BCUT2D eigenvalue weighted by atomic mass is 10.1. The summed E-state index contributed by atoms with van der Waals surface area (Å²) in [5.74, 6) is -0.173. The zero-order valence-electron chi connectivity index (χ0n) is 8.13. The number of aliphatic hydroxyl groups excluding tert-OH is 1. The Labute approximate surface area is 74.1 Å². The van der Waals surface area contributed by atoms with Gasteiger partial charge in [-0.2, -0.15) is 0 Å². The van der Waals surface area contributed by atoms with Crippen LogP contribution in [0.1, 0.15) is 26.7 Å². The van der Waals surface area contributed by atoms with Crippen LogP contribution in [0.25, 0.3) is 0 Å². The molecule has 0 fully saturated rings. The average Bonchev–Trinajstić information content (AvgIpc) is 2.16. The van der Waals surface area contributed by atoms with E-state index in [4.69, 9.17) is 10.8 Å². The second kappa shape index (κ2) is 10.4. The monoisotopic (exact) mass is 176 g/mol. The molecule has 0 aromatic carbocycles. The van der Waals surface area contributed by atoms with Crippen molar-refractivity contribution in [2.75, 3.05) is 13.7 Å². The van der Waals surface area contributed by atoms with Crippen molar-refractivity contribution in [1.82, 2.24) is 5.32 Å². The molecule has 4 nitrogen and oxygen atoms in total. The van der Waals surface area contributed by atoms with Crippen LogP contribution in [0.4, 0.5) is 0 Å². The summed E-state index contributed by atoms with van der Waals surface area (Å²) in [4.78, 5) is 10.7. The van der Waals surface area contributed by atoms with Gasteiger partial charge >= 0.3 is 0 Å². The molecule has 0 aliphatic heterocycles. The number of nitrogens with two attached hydrogens (primary N) is 1. The average molecular weight is 176 g/mol. The molecule has 0 heterocycles. The topological polar surface area (TPSA) is 75.4 Å². The minimum absolute atomic E-state index is 0.0880. The molecular formula is C8H20N2O2. The van der Waals surface area contributed by atoms with Gasteiger partial charge in [-0.25, -0.2) is 0 Å². The fourth-order valence-corrected chi connectivity index (χ4v) is 0.628. The Balaban J connectivity index is 0. The first-order valence-electron chi connectivity index (χ1n) is 4.30. The molecule has 0 aliphatic rings. The molecule has 74 valence electrons. The predicted molar refractivity (Wildman–Crippen MR) is 49.7 cm³/mol. The molecule has 4 N–H and O–H groups in total. The van der Waals surface area contributed by atoms with E-state index in [1.807, 2.05) is 13.8 Å². The number of nitrogens with one attached hydrogen (secondary N) is 1. The summed E-state index contributed by atoms with van der Waals surface area (Å²) in [5, 5.41) is 10.8. The Morgan fingerprint density at radius 2 is 2.08 bits per heavy atom. The third kappa shape index (κ3) is 7.50. The van der Waals surface area contributed by atoms with Crippen LogP contribution in [-0.2, 0) is 4.79 Å². The summed E-state index contributed by atoms with van der Waals surface area (Å²) < 4.78 is 0. The second-order valence-corrected chi connectivity index (χ2v) is 2.09. The van der Waals surface area contributed by atoms with Gasteiger partial charge in [0.2, 0.25) is 5.91 Å². The Hall–Kier alpha value is -0.610. The van der Waals surface area contributed by atoms with E-state index in [0.29, 0.717) is 12.8 Å². The largest absolute Gasteiger partial charge is 0.396 e. The van der Waals surface area contributed by atoms with Crippen LogP contribution in [0.3, 0.4) is 0 Å². The van der Waals surface area contributed by atoms with Gasteiger partial charge < -0.3 is 16.2 Å². The molecule has 0 rings (SSSR count). The molecule has 0 aromatic rings. The number of hydrogen-bond donors (Lipinski definition) is 3. The number of carbonyl (C=O) groups excluding carboxylic acids is 1. The van der Waals surface area contributed by atoms with Gasteiger partial charge in [-0.3, -0.25) is 4.79 Å². The summed E-state index contributed by atoms with van der Waals surface area (Å²) in [6.45, 7) is 4.09. The standard InChI is InChI=1S/C6H14N2O2.C2H6/c1-8-6(10)5(7)3-2-4-9;1-2/h5,9H,2-4,7H2,1H3,(H,8,10);1-2H3. The number of aliphatic hydroxyl groups is 1. The van der Waals surface area contributed by atoms with Gasteiger partial charge in [0.05, 0.1) is 6.04 Å². The Morgan fingerprint density at radius 3 is 2.42 bits per heavy atom. The van der Waals surface area contributed by atoms with Crippen molar-refractivity contribution >= 4 is 5.91 Å². The first kappa shape index (κ1) is 13.9. The van der Waals surface area contributed by atoms with Crippen molar-refractivity contribution in [3.8, 4) is 0 Å². The molecular weight excluding hydrogens is 156 g/mol. The van der Waals surface area contributed by atoms with Crippen molar-refractivity contribution in [3.63, 3.8) is 0 Å².